The Balaban J connectivity index is 1.01. The standard InChI is InChI=1S/C31H43N7O/c1-5-37(17-20-14-26(27(39)15-20)38-11-10-23-29(32)33-18-34-30(23)38)22-12-19(13-22)6-9-28-35-24-8-7-21(31(2,3)4)16-25(24)36-28/h7-8,10-11,16,18-20,22,26-27,39H,5-6,9,12-15,17H2,1-4H3,(H,35,36)(H2,32,33,34)/t19-,20-,22+,26+,27+/m0/s1. The summed E-state index contributed by atoms with van der Waals surface area (Å²) in [6, 6.07) is 9.29. The number of nitrogens with two attached hydrogens (primary N) is 1. The van der Waals surface area contributed by atoms with Gasteiger partial charge in [-0.25, -0.2) is 15.0 Å². The molecule has 3 atom stereocenters. The number of rotatable bonds is 8. The molecule has 8 heteroatoms. The molecular formula is C31H43N7O. The zero-order valence-corrected chi connectivity index (χ0v) is 23.8. The fourth-order valence-electron chi connectivity index (χ4n) is 6.89. The van der Waals surface area contributed by atoms with E-state index in [0.29, 0.717) is 17.8 Å². The van der Waals surface area contributed by atoms with Crippen molar-refractivity contribution in [3.05, 3.63) is 48.2 Å². The fourth-order valence-corrected chi connectivity index (χ4v) is 6.89. The van der Waals surface area contributed by atoms with Gasteiger partial charge in [-0.15, -0.1) is 0 Å². The summed E-state index contributed by atoms with van der Waals surface area (Å²) in [7, 11) is 0. The Morgan fingerprint density at radius 2 is 1.92 bits per heavy atom. The number of nitrogens with zero attached hydrogens (tertiary/aromatic N) is 5. The van der Waals surface area contributed by atoms with E-state index in [-0.39, 0.29) is 17.6 Å². The number of nitrogen functional groups attached to an aromatic ring is 1. The molecule has 4 aromatic rings. The molecule has 0 spiro atoms. The maximum Gasteiger partial charge on any atom is 0.145 e. The lowest BCUT2D eigenvalue weighted by Crippen LogP contribution is -2.46. The van der Waals surface area contributed by atoms with Crippen LogP contribution in [-0.2, 0) is 11.8 Å². The van der Waals surface area contributed by atoms with E-state index >= 15 is 0 Å². The Kier molecular flexibility index (Phi) is 6.88. The minimum Gasteiger partial charge on any atom is -0.391 e. The van der Waals surface area contributed by atoms with Crippen LogP contribution in [0.2, 0.25) is 0 Å². The average Bonchev–Trinajstić information content (AvgIpc) is 3.57. The first-order chi connectivity index (χ1) is 18.7. The molecule has 2 saturated carbocycles. The van der Waals surface area contributed by atoms with Gasteiger partial charge in [-0.2, -0.15) is 0 Å². The molecule has 3 aromatic heterocycles. The number of hydrogen-bond donors (Lipinski definition) is 3. The summed E-state index contributed by atoms with van der Waals surface area (Å²) in [5, 5.41) is 11.8. The number of anilines is 1. The van der Waals surface area contributed by atoms with Gasteiger partial charge in [-0.05, 0) is 79.7 Å². The van der Waals surface area contributed by atoms with Crippen molar-refractivity contribution in [2.75, 3.05) is 18.8 Å². The molecule has 3 heterocycles. The van der Waals surface area contributed by atoms with Crippen molar-refractivity contribution in [1.29, 1.82) is 0 Å². The van der Waals surface area contributed by atoms with Gasteiger partial charge in [-0.3, -0.25) is 0 Å². The van der Waals surface area contributed by atoms with Gasteiger partial charge >= 0.3 is 0 Å². The zero-order chi connectivity index (χ0) is 27.3. The van der Waals surface area contributed by atoms with Crippen molar-refractivity contribution in [3.63, 3.8) is 0 Å². The molecule has 4 N–H and O–H groups in total. The van der Waals surface area contributed by atoms with Crippen LogP contribution in [0.3, 0.4) is 0 Å². The lowest BCUT2D eigenvalue weighted by atomic mass is 9.76. The van der Waals surface area contributed by atoms with E-state index in [9.17, 15) is 5.11 Å². The van der Waals surface area contributed by atoms with Crippen LogP contribution in [0.5, 0.6) is 0 Å². The van der Waals surface area contributed by atoms with Crippen LogP contribution in [0.15, 0.2) is 36.8 Å². The van der Waals surface area contributed by atoms with Crippen LogP contribution < -0.4 is 5.73 Å². The molecule has 208 valence electrons. The quantitative estimate of drug-likeness (QED) is 0.288. The highest BCUT2D eigenvalue weighted by molar-refractivity contribution is 5.86. The zero-order valence-electron chi connectivity index (χ0n) is 23.8. The molecule has 39 heavy (non-hydrogen) atoms. The topological polar surface area (TPSA) is 109 Å². The second kappa shape index (κ2) is 10.2. The lowest BCUT2D eigenvalue weighted by molar-refractivity contribution is 0.0631. The molecular weight excluding hydrogens is 486 g/mol. The third-order valence-corrected chi connectivity index (χ3v) is 9.30. The van der Waals surface area contributed by atoms with Gasteiger partial charge in [0.1, 0.15) is 23.6 Å². The number of fused-ring (bicyclic) bond motifs is 2. The summed E-state index contributed by atoms with van der Waals surface area (Å²) >= 11 is 0. The van der Waals surface area contributed by atoms with E-state index in [1.54, 1.807) is 0 Å². The molecule has 0 unspecified atom stereocenters. The number of nitrogens with one attached hydrogen (secondary N) is 1. The van der Waals surface area contributed by atoms with Crippen LogP contribution in [0.25, 0.3) is 22.1 Å². The Morgan fingerprint density at radius 1 is 1.10 bits per heavy atom. The Hall–Kier alpha value is -2.97. The Labute approximate surface area is 231 Å². The monoisotopic (exact) mass is 529 g/mol. The predicted octanol–water partition coefficient (Wildman–Crippen LogP) is 5.23. The first-order valence-electron chi connectivity index (χ1n) is 14.7. The summed E-state index contributed by atoms with van der Waals surface area (Å²) in [5.74, 6) is 2.85. The van der Waals surface area contributed by atoms with Crippen molar-refractivity contribution >= 4 is 27.9 Å². The smallest absolute Gasteiger partial charge is 0.145 e. The summed E-state index contributed by atoms with van der Waals surface area (Å²) in [6.07, 6.45) is 9.68. The minimum absolute atomic E-state index is 0.0398. The highest BCUT2D eigenvalue weighted by atomic mass is 16.3. The van der Waals surface area contributed by atoms with Crippen LogP contribution in [-0.4, -0.2) is 59.7 Å². The molecule has 2 aliphatic rings. The van der Waals surface area contributed by atoms with Crippen molar-refractivity contribution in [1.82, 2.24) is 29.4 Å². The molecule has 0 aliphatic heterocycles. The number of aliphatic hydroxyl groups excluding tert-OH is 1. The van der Waals surface area contributed by atoms with Gasteiger partial charge in [0.05, 0.1) is 28.6 Å². The van der Waals surface area contributed by atoms with Crippen LogP contribution in [0, 0.1) is 11.8 Å². The number of aryl methyl sites for hydroxylation is 1. The van der Waals surface area contributed by atoms with Crippen molar-refractivity contribution in [3.8, 4) is 0 Å². The largest absolute Gasteiger partial charge is 0.391 e. The molecule has 0 amide bonds. The fraction of sp³-hybridized carbons (Fsp3) is 0.581. The van der Waals surface area contributed by atoms with Crippen LogP contribution >= 0.6 is 0 Å². The summed E-state index contributed by atoms with van der Waals surface area (Å²) in [4.78, 5) is 19.7. The van der Waals surface area contributed by atoms with E-state index in [2.05, 4.69) is 70.3 Å². The van der Waals surface area contributed by atoms with Crippen LogP contribution in [0.4, 0.5) is 5.82 Å². The molecule has 2 fully saturated rings. The number of benzene rings is 1. The number of imidazole rings is 1. The van der Waals surface area contributed by atoms with E-state index in [0.717, 1.165) is 66.2 Å². The summed E-state index contributed by atoms with van der Waals surface area (Å²) in [6.45, 7) is 11.1. The molecule has 0 bridgehead atoms. The highest BCUT2D eigenvalue weighted by Crippen LogP contribution is 2.40. The molecule has 0 radical (unpaired) electrons. The number of aromatic nitrogens is 5. The van der Waals surface area contributed by atoms with Crippen LogP contribution in [0.1, 0.15) is 77.2 Å². The minimum atomic E-state index is -0.363. The molecule has 0 saturated heterocycles. The van der Waals surface area contributed by atoms with Crippen molar-refractivity contribution < 1.29 is 5.11 Å². The normalized spacial score (nSPS) is 25.6. The predicted molar refractivity (Wildman–Crippen MR) is 157 cm³/mol. The van der Waals surface area contributed by atoms with Gasteiger partial charge in [0, 0.05) is 25.2 Å². The van der Waals surface area contributed by atoms with Gasteiger partial charge in [-0.1, -0.05) is 33.8 Å². The van der Waals surface area contributed by atoms with Crippen molar-refractivity contribution in [2.45, 2.75) is 89.8 Å². The first-order valence-corrected chi connectivity index (χ1v) is 14.7. The molecule has 2 aliphatic carbocycles. The van der Waals surface area contributed by atoms with Gasteiger partial charge in [0.2, 0.25) is 0 Å². The molecule has 6 rings (SSSR count). The third kappa shape index (κ3) is 5.16. The second-order valence-corrected chi connectivity index (χ2v) is 13.0. The van der Waals surface area contributed by atoms with E-state index in [1.165, 1.54) is 31.2 Å². The number of aromatic amines is 1. The maximum absolute atomic E-state index is 11.0. The number of H-pyrrole nitrogens is 1. The lowest BCUT2D eigenvalue weighted by Gasteiger charge is -2.43. The van der Waals surface area contributed by atoms with Gasteiger partial charge in [0.25, 0.3) is 0 Å². The SMILES string of the molecule is CCN(C[C@@H]1C[C@@H](O)[C@H](n2ccc3c(N)ncnc32)C1)[C@H]1C[C@@H](CCc2nc3cc(C(C)(C)C)ccc3[nH]2)C1. The highest BCUT2D eigenvalue weighted by Gasteiger charge is 2.39. The van der Waals surface area contributed by atoms with Crippen molar-refractivity contribution in [2.24, 2.45) is 11.8 Å². The van der Waals surface area contributed by atoms with E-state index in [1.807, 2.05) is 12.3 Å². The van der Waals surface area contributed by atoms with Gasteiger partial charge < -0.3 is 25.3 Å². The summed E-state index contributed by atoms with van der Waals surface area (Å²) in [5.41, 5.74) is 10.5. The average molecular weight is 530 g/mol. The molecule has 8 nitrogen and oxygen atoms in total. The van der Waals surface area contributed by atoms with E-state index in [4.69, 9.17) is 10.7 Å². The maximum atomic E-state index is 11.0. The third-order valence-electron chi connectivity index (χ3n) is 9.30. The first kappa shape index (κ1) is 26.3. The Bertz CT molecular complexity index is 1440. The number of aliphatic hydroxyl groups is 1. The van der Waals surface area contributed by atoms with Gasteiger partial charge in [0.15, 0.2) is 0 Å². The second-order valence-electron chi connectivity index (χ2n) is 13.0. The summed E-state index contributed by atoms with van der Waals surface area (Å²) < 4.78 is 2.11. The number of hydrogen-bond acceptors (Lipinski definition) is 6. The molecule has 1 aromatic carbocycles. The Morgan fingerprint density at radius 3 is 2.69 bits per heavy atom. The van der Waals surface area contributed by atoms with E-state index < -0.39 is 0 Å².